The first-order chi connectivity index (χ1) is 9.92. The summed E-state index contributed by atoms with van der Waals surface area (Å²) in [5, 5.41) is 11.0. The van der Waals surface area contributed by atoms with Crippen LogP contribution < -0.4 is 0 Å². The summed E-state index contributed by atoms with van der Waals surface area (Å²) in [5.74, 6) is 3.34. The van der Waals surface area contributed by atoms with Crippen molar-refractivity contribution in [2.45, 2.75) is 86.0 Å². The Morgan fingerprint density at radius 1 is 1.00 bits per heavy atom. The average Bonchev–Trinajstić information content (AvgIpc) is 3.01. The summed E-state index contributed by atoms with van der Waals surface area (Å²) in [7, 11) is 0. The molecule has 0 spiro atoms. The van der Waals surface area contributed by atoms with Crippen molar-refractivity contribution < 1.29 is 9.84 Å². The Bertz CT molecular complexity index is 412. The second kappa shape index (κ2) is 4.96. The summed E-state index contributed by atoms with van der Waals surface area (Å²) in [4.78, 5) is 0. The van der Waals surface area contributed by atoms with Crippen LogP contribution >= 0.6 is 0 Å². The Morgan fingerprint density at radius 2 is 1.50 bits per heavy atom. The molecule has 0 saturated heterocycles. The van der Waals surface area contributed by atoms with Gasteiger partial charge in [0.25, 0.3) is 0 Å². The highest BCUT2D eigenvalue weighted by Crippen LogP contribution is 2.69. The normalized spacial score (nSPS) is 43.1. The standard InChI is InChI=1S/C20H36O2/c1-18(2,3)11-16(19(4,5)6)17(21)22-20(7)14-9-12-8-13(14)10-15(12)20/h12-17,21H,8-11H2,1-7H3. The highest BCUT2D eigenvalue weighted by Gasteiger charge is 2.67. The van der Waals surface area contributed by atoms with E-state index < -0.39 is 6.29 Å². The number of hydrogen-bond acceptors (Lipinski definition) is 2. The summed E-state index contributed by atoms with van der Waals surface area (Å²) in [6.07, 6.45) is 4.48. The summed E-state index contributed by atoms with van der Waals surface area (Å²) in [6, 6.07) is 0. The molecule has 22 heavy (non-hydrogen) atoms. The second-order valence-corrected chi connectivity index (χ2v) is 10.9. The molecule has 4 saturated carbocycles. The maximum absolute atomic E-state index is 11.0. The first-order valence-electron chi connectivity index (χ1n) is 9.28. The van der Waals surface area contributed by atoms with Gasteiger partial charge in [0, 0.05) is 5.92 Å². The Kier molecular flexibility index (Phi) is 3.78. The molecule has 2 heteroatoms. The van der Waals surface area contributed by atoms with Crippen LogP contribution in [0.1, 0.15) is 74.1 Å². The molecule has 0 aromatic carbocycles. The van der Waals surface area contributed by atoms with Crippen LogP contribution in [0.15, 0.2) is 0 Å². The van der Waals surface area contributed by atoms with Crippen LogP contribution in [0.3, 0.4) is 0 Å². The van der Waals surface area contributed by atoms with Gasteiger partial charge in [-0.05, 0) is 67.1 Å². The molecule has 2 nitrogen and oxygen atoms in total. The van der Waals surface area contributed by atoms with Gasteiger partial charge in [0.1, 0.15) is 0 Å². The summed E-state index contributed by atoms with van der Waals surface area (Å²) in [5.41, 5.74) is 0.206. The van der Waals surface area contributed by atoms with Gasteiger partial charge in [0.05, 0.1) is 5.60 Å². The minimum atomic E-state index is -0.634. The third-order valence-corrected chi connectivity index (χ3v) is 6.99. The molecule has 1 N–H and O–H groups in total. The molecule has 0 radical (unpaired) electrons. The van der Waals surface area contributed by atoms with E-state index in [-0.39, 0.29) is 22.3 Å². The Morgan fingerprint density at radius 3 is 1.86 bits per heavy atom. The first-order valence-corrected chi connectivity index (χ1v) is 9.28. The van der Waals surface area contributed by atoms with Crippen LogP contribution in [0.4, 0.5) is 0 Å². The molecule has 0 amide bonds. The van der Waals surface area contributed by atoms with Crippen LogP contribution in [0.2, 0.25) is 0 Å². The number of aliphatic hydroxyl groups is 1. The van der Waals surface area contributed by atoms with Crippen molar-refractivity contribution in [2.75, 3.05) is 0 Å². The first kappa shape index (κ1) is 16.8. The minimum Gasteiger partial charge on any atom is -0.368 e. The summed E-state index contributed by atoms with van der Waals surface area (Å²) < 4.78 is 6.48. The second-order valence-electron chi connectivity index (χ2n) is 10.9. The van der Waals surface area contributed by atoms with Gasteiger partial charge in [0.2, 0.25) is 0 Å². The van der Waals surface area contributed by atoms with Gasteiger partial charge in [-0.25, -0.2) is 0 Å². The van der Waals surface area contributed by atoms with Gasteiger partial charge >= 0.3 is 0 Å². The average molecular weight is 309 g/mol. The third kappa shape index (κ3) is 2.65. The Labute approximate surface area is 137 Å². The lowest BCUT2D eigenvalue weighted by molar-refractivity contribution is -0.240. The largest absolute Gasteiger partial charge is 0.368 e. The lowest BCUT2D eigenvalue weighted by Gasteiger charge is -2.43. The van der Waals surface area contributed by atoms with Crippen molar-refractivity contribution in [3.63, 3.8) is 0 Å². The Hall–Kier alpha value is -0.0800. The zero-order valence-electron chi connectivity index (χ0n) is 15.6. The van der Waals surface area contributed by atoms with Crippen molar-refractivity contribution in [2.24, 2.45) is 40.4 Å². The molecule has 4 rings (SSSR count). The molecule has 4 aliphatic rings. The molecular formula is C20H36O2. The molecule has 4 aliphatic carbocycles. The molecule has 0 aromatic heterocycles. The smallest absolute Gasteiger partial charge is 0.158 e. The molecule has 6 unspecified atom stereocenters. The topological polar surface area (TPSA) is 29.5 Å². The Balaban J connectivity index is 1.73. The van der Waals surface area contributed by atoms with E-state index in [1.807, 2.05) is 0 Å². The number of ether oxygens (including phenoxy) is 1. The van der Waals surface area contributed by atoms with Gasteiger partial charge < -0.3 is 9.84 Å². The number of aliphatic hydroxyl groups excluding tert-OH is 1. The van der Waals surface area contributed by atoms with Crippen molar-refractivity contribution in [1.82, 2.24) is 0 Å². The van der Waals surface area contributed by atoms with E-state index in [4.69, 9.17) is 4.74 Å². The van der Waals surface area contributed by atoms with Gasteiger partial charge in [-0.2, -0.15) is 0 Å². The van der Waals surface area contributed by atoms with E-state index in [1.165, 1.54) is 19.3 Å². The molecule has 4 fully saturated rings. The summed E-state index contributed by atoms with van der Waals surface area (Å²) >= 11 is 0. The predicted molar refractivity (Wildman–Crippen MR) is 90.3 cm³/mol. The molecular weight excluding hydrogens is 272 g/mol. The van der Waals surface area contributed by atoms with Crippen LogP contribution in [-0.2, 0) is 4.74 Å². The fourth-order valence-corrected chi connectivity index (χ4v) is 5.97. The van der Waals surface area contributed by atoms with E-state index in [0.29, 0.717) is 11.8 Å². The van der Waals surface area contributed by atoms with Crippen molar-refractivity contribution in [3.8, 4) is 0 Å². The van der Waals surface area contributed by atoms with E-state index in [1.54, 1.807) is 0 Å². The zero-order valence-corrected chi connectivity index (χ0v) is 15.6. The van der Waals surface area contributed by atoms with E-state index >= 15 is 0 Å². The molecule has 4 bridgehead atoms. The number of hydrogen-bond donors (Lipinski definition) is 1. The maximum Gasteiger partial charge on any atom is 0.158 e. The van der Waals surface area contributed by atoms with Crippen molar-refractivity contribution >= 4 is 0 Å². The van der Waals surface area contributed by atoms with Gasteiger partial charge in [-0.3, -0.25) is 0 Å². The van der Waals surface area contributed by atoms with Crippen molar-refractivity contribution in [3.05, 3.63) is 0 Å². The predicted octanol–water partition coefficient (Wildman–Crippen LogP) is 4.85. The van der Waals surface area contributed by atoms with E-state index in [9.17, 15) is 5.11 Å². The lowest BCUT2D eigenvalue weighted by atomic mass is 9.71. The number of rotatable bonds is 4. The van der Waals surface area contributed by atoms with Gasteiger partial charge in [-0.1, -0.05) is 41.5 Å². The quantitative estimate of drug-likeness (QED) is 0.752. The molecule has 128 valence electrons. The highest BCUT2D eigenvalue weighted by molar-refractivity contribution is 5.16. The molecule has 0 aliphatic heterocycles. The summed E-state index contributed by atoms with van der Waals surface area (Å²) in [6.45, 7) is 15.8. The molecule has 0 heterocycles. The van der Waals surface area contributed by atoms with Crippen LogP contribution in [0.5, 0.6) is 0 Å². The van der Waals surface area contributed by atoms with Gasteiger partial charge in [-0.15, -0.1) is 0 Å². The molecule has 6 atom stereocenters. The zero-order chi connectivity index (χ0) is 16.5. The van der Waals surface area contributed by atoms with E-state index in [2.05, 4.69) is 48.5 Å². The van der Waals surface area contributed by atoms with Crippen LogP contribution in [0, 0.1) is 40.4 Å². The maximum atomic E-state index is 11.0. The minimum absolute atomic E-state index is 0.0592. The SMILES string of the molecule is CC(C)(C)CC(C(O)OC1(C)C2CC3CC2CC31)C(C)(C)C. The molecule has 0 aromatic rings. The van der Waals surface area contributed by atoms with E-state index in [0.717, 1.165) is 18.3 Å². The van der Waals surface area contributed by atoms with Crippen LogP contribution in [0.25, 0.3) is 0 Å². The van der Waals surface area contributed by atoms with Gasteiger partial charge in [0.15, 0.2) is 6.29 Å². The third-order valence-electron chi connectivity index (χ3n) is 6.99. The highest BCUT2D eigenvalue weighted by atomic mass is 16.6. The fraction of sp³-hybridized carbons (Fsp3) is 1.00. The fourth-order valence-electron chi connectivity index (χ4n) is 5.97. The monoisotopic (exact) mass is 308 g/mol. The van der Waals surface area contributed by atoms with Crippen LogP contribution in [-0.4, -0.2) is 17.0 Å². The lowest BCUT2D eigenvalue weighted by Crippen LogP contribution is -2.46. The van der Waals surface area contributed by atoms with Crippen molar-refractivity contribution in [1.29, 1.82) is 0 Å².